The maximum atomic E-state index is 13.0. The van der Waals surface area contributed by atoms with Crippen LogP contribution >= 0.6 is 7.82 Å². The lowest BCUT2D eigenvalue weighted by atomic mass is 10.0. The van der Waals surface area contributed by atoms with Crippen molar-refractivity contribution in [2.75, 3.05) is 40.9 Å². The number of rotatable bonds is 61. The average molecular weight is 1100 g/mol. The van der Waals surface area contributed by atoms with Crippen LogP contribution < -0.4 is 5.32 Å². The Morgan fingerprint density at radius 3 is 1.13 bits per heavy atom. The van der Waals surface area contributed by atoms with Crippen LogP contribution in [-0.2, 0) is 18.4 Å². The number of hydrogen-bond donors (Lipinski definition) is 3. The van der Waals surface area contributed by atoms with Crippen LogP contribution in [0.15, 0.2) is 60.8 Å². The van der Waals surface area contributed by atoms with Crippen LogP contribution in [0.4, 0.5) is 0 Å². The summed E-state index contributed by atoms with van der Waals surface area (Å²) in [4.78, 5) is 23.3. The highest BCUT2D eigenvalue weighted by atomic mass is 31.2. The number of aliphatic hydroxyl groups excluding tert-OH is 1. The fourth-order valence-corrected chi connectivity index (χ4v) is 10.5. The molecule has 0 aromatic rings. The van der Waals surface area contributed by atoms with Gasteiger partial charge in [0.2, 0.25) is 5.91 Å². The highest BCUT2D eigenvalue weighted by Crippen LogP contribution is 2.43. The van der Waals surface area contributed by atoms with Gasteiger partial charge in [-0.1, -0.05) is 299 Å². The normalized spacial score (nSPS) is 14.1. The lowest BCUT2D eigenvalue weighted by molar-refractivity contribution is -0.870. The van der Waals surface area contributed by atoms with Crippen LogP contribution in [0.1, 0.15) is 316 Å². The summed E-state index contributed by atoms with van der Waals surface area (Å²) in [5, 5.41) is 13.9. The molecular weight excluding hydrogens is 972 g/mol. The van der Waals surface area contributed by atoms with Crippen molar-refractivity contribution < 1.29 is 32.9 Å². The largest absolute Gasteiger partial charge is 0.472 e. The first-order valence-electron chi connectivity index (χ1n) is 33.2. The molecule has 0 aliphatic heterocycles. The molecule has 0 spiro atoms. The first kappa shape index (κ1) is 75.2. The number of aliphatic hydroxyl groups is 1. The summed E-state index contributed by atoms with van der Waals surface area (Å²) in [5.74, 6) is -0.183. The molecule has 3 atom stereocenters. The van der Waals surface area contributed by atoms with Crippen LogP contribution in [0, 0.1) is 0 Å². The highest BCUT2D eigenvalue weighted by Gasteiger charge is 2.28. The number of nitrogens with one attached hydrogen (secondary N) is 1. The topological polar surface area (TPSA) is 105 Å². The second-order valence-electron chi connectivity index (χ2n) is 23.8. The van der Waals surface area contributed by atoms with E-state index >= 15 is 0 Å². The van der Waals surface area contributed by atoms with Crippen molar-refractivity contribution >= 4 is 13.7 Å². The lowest BCUT2D eigenvalue weighted by Crippen LogP contribution is -2.45. The molecule has 0 aliphatic carbocycles. The van der Waals surface area contributed by atoms with E-state index in [1.165, 1.54) is 244 Å². The molecule has 0 fully saturated rings. The molecule has 0 heterocycles. The van der Waals surface area contributed by atoms with Gasteiger partial charge in [0.1, 0.15) is 13.2 Å². The Morgan fingerprint density at radius 1 is 0.442 bits per heavy atom. The minimum Gasteiger partial charge on any atom is -0.387 e. The smallest absolute Gasteiger partial charge is 0.387 e. The second kappa shape index (κ2) is 58.8. The number of phosphoric acid groups is 1. The minimum absolute atomic E-state index is 0.0567. The number of phosphoric ester groups is 1. The first-order valence-corrected chi connectivity index (χ1v) is 34.7. The van der Waals surface area contributed by atoms with Crippen molar-refractivity contribution in [2.45, 2.75) is 328 Å². The number of hydrogen-bond acceptors (Lipinski definition) is 5. The van der Waals surface area contributed by atoms with Crippen LogP contribution in [-0.4, -0.2) is 73.4 Å². The molecule has 0 bridgehead atoms. The van der Waals surface area contributed by atoms with Crippen molar-refractivity contribution in [1.82, 2.24) is 5.32 Å². The summed E-state index contributed by atoms with van der Waals surface area (Å²) >= 11 is 0. The monoisotopic (exact) mass is 1100 g/mol. The van der Waals surface area contributed by atoms with Gasteiger partial charge < -0.3 is 19.8 Å². The fourth-order valence-electron chi connectivity index (χ4n) is 9.77. The molecule has 452 valence electrons. The third-order valence-electron chi connectivity index (χ3n) is 15.0. The zero-order valence-electron chi connectivity index (χ0n) is 51.7. The van der Waals surface area contributed by atoms with Crippen LogP contribution in [0.2, 0.25) is 0 Å². The van der Waals surface area contributed by atoms with E-state index in [-0.39, 0.29) is 19.1 Å². The lowest BCUT2D eigenvalue weighted by Gasteiger charge is -2.25. The Kier molecular flexibility index (Phi) is 57.5. The molecule has 77 heavy (non-hydrogen) atoms. The number of carbonyl (C=O) groups is 1. The van der Waals surface area contributed by atoms with E-state index in [2.05, 4.69) is 67.8 Å². The van der Waals surface area contributed by atoms with Crippen molar-refractivity contribution in [1.29, 1.82) is 0 Å². The van der Waals surface area contributed by atoms with E-state index in [1.54, 1.807) is 6.08 Å². The van der Waals surface area contributed by atoms with Crippen molar-refractivity contribution in [3.05, 3.63) is 60.8 Å². The Hall–Kier alpha value is -1.80. The molecule has 1 amide bonds. The predicted octanol–water partition coefficient (Wildman–Crippen LogP) is 20.8. The summed E-state index contributed by atoms with van der Waals surface area (Å²) in [6.07, 6.45) is 80.8. The fraction of sp³-hybridized carbons (Fsp3) is 0.838. The number of quaternary nitrogens is 1. The van der Waals surface area contributed by atoms with Crippen LogP contribution in [0.25, 0.3) is 0 Å². The van der Waals surface area contributed by atoms with E-state index in [9.17, 15) is 19.4 Å². The Morgan fingerprint density at radius 2 is 0.753 bits per heavy atom. The Labute approximate surface area is 479 Å². The number of carbonyl (C=O) groups excluding carboxylic acids is 1. The van der Waals surface area contributed by atoms with Gasteiger partial charge in [-0.3, -0.25) is 13.8 Å². The molecule has 0 aromatic heterocycles. The van der Waals surface area contributed by atoms with Gasteiger partial charge in [-0.05, 0) is 70.6 Å². The Bertz CT molecular complexity index is 1440. The third-order valence-corrected chi connectivity index (χ3v) is 15.9. The number of unbranched alkanes of at least 4 members (excludes halogenated alkanes) is 40. The van der Waals surface area contributed by atoms with Gasteiger partial charge >= 0.3 is 7.82 Å². The van der Waals surface area contributed by atoms with E-state index in [1.807, 2.05) is 27.2 Å². The average Bonchev–Trinajstić information content (AvgIpc) is 3.39. The molecule has 0 saturated carbocycles. The molecule has 0 aromatic carbocycles. The molecule has 0 rings (SSSR count). The summed E-state index contributed by atoms with van der Waals surface area (Å²) in [7, 11) is 1.56. The molecule has 8 nitrogen and oxygen atoms in total. The molecule has 0 saturated heterocycles. The van der Waals surface area contributed by atoms with Gasteiger partial charge in [0, 0.05) is 6.42 Å². The quantitative estimate of drug-likeness (QED) is 0.0243. The summed E-state index contributed by atoms with van der Waals surface area (Å²) < 4.78 is 23.7. The van der Waals surface area contributed by atoms with Gasteiger partial charge in [0.15, 0.2) is 0 Å². The van der Waals surface area contributed by atoms with Gasteiger partial charge in [-0.25, -0.2) is 4.57 Å². The molecular formula is C68H130N2O6P+. The second-order valence-corrected chi connectivity index (χ2v) is 25.3. The van der Waals surface area contributed by atoms with Gasteiger partial charge in [-0.15, -0.1) is 0 Å². The number of likely N-dealkylation sites (N-methyl/N-ethyl adjacent to an activating group) is 1. The number of allylic oxidation sites excluding steroid dienone is 9. The molecule has 3 N–H and O–H groups in total. The number of amides is 1. The predicted molar refractivity (Wildman–Crippen MR) is 337 cm³/mol. The zero-order chi connectivity index (χ0) is 56.3. The molecule has 0 radical (unpaired) electrons. The third kappa shape index (κ3) is 61.7. The first-order chi connectivity index (χ1) is 37.5. The van der Waals surface area contributed by atoms with E-state index < -0.39 is 20.0 Å². The van der Waals surface area contributed by atoms with Gasteiger partial charge in [-0.2, -0.15) is 0 Å². The molecule has 9 heteroatoms. The van der Waals surface area contributed by atoms with E-state index in [0.717, 1.165) is 51.4 Å². The maximum Gasteiger partial charge on any atom is 0.472 e. The van der Waals surface area contributed by atoms with Crippen LogP contribution in [0.5, 0.6) is 0 Å². The Balaban J connectivity index is 3.94. The van der Waals surface area contributed by atoms with Crippen molar-refractivity contribution in [3.8, 4) is 0 Å². The highest BCUT2D eigenvalue weighted by molar-refractivity contribution is 7.47. The molecule has 3 unspecified atom stereocenters. The summed E-state index contributed by atoms with van der Waals surface area (Å²) in [6.45, 7) is 4.81. The van der Waals surface area contributed by atoms with E-state index in [4.69, 9.17) is 9.05 Å². The van der Waals surface area contributed by atoms with E-state index in [0.29, 0.717) is 17.4 Å². The minimum atomic E-state index is -4.36. The van der Waals surface area contributed by atoms with Crippen molar-refractivity contribution in [2.24, 2.45) is 0 Å². The standard InChI is InChI=1S/C68H129N2O6P/c1-6-8-10-12-14-16-18-20-22-24-25-26-27-28-29-30-31-32-33-34-35-36-37-38-39-40-41-42-43-44-45-46-48-50-52-54-56-58-60-62-68(72)69-66(65-76-77(73,74)75-64-63-70(3,4)5)67(71)61-59-57-55-53-51-49-47-23-21-19-17-15-13-11-9-7-2/h18,20,24-25,27-28,51,53,59,61,66-67,71H,6-17,19,21-23,26,29-50,52,54-58,60,62-65H2,1-5H3,(H-,69,72,73,74)/p+1/b20-18-,25-24-,28-27-,53-51+,61-59+. The maximum absolute atomic E-state index is 13.0. The van der Waals surface area contributed by atoms with Crippen LogP contribution in [0.3, 0.4) is 0 Å². The molecule has 0 aliphatic rings. The summed E-state index contributed by atoms with van der Waals surface area (Å²) in [5.41, 5.74) is 0. The number of nitrogens with zero attached hydrogens (tertiary/aromatic N) is 1. The summed E-state index contributed by atoms with van der Waals surface area (Å²) in [6, 6.07) is -0.863. The van der Waals surface area contributed by atoms with Crippen molar-refractivity contribution in [3.63, 3.8) is 0 Å². The van der Waals surface area contributed by atoms with Gasteiger partial charge in [0.25, 0.3) is 0 Å². The van der Waals surface area contributed by atoms with Gasteiger partial charge in [0.05, 0.1) is 39.9 Å². The SMILES string of the molecule is CCCCCCC/C=C\C/C=C\C/C=C\CCCCCCCCCCCCCCCCCCCCCCCCCCC(=O)NC(COP(=O)(O)OCC[N+](C)(C)C)C(O)/C=C/CC/C=C/CCCCCCCCCCCC. The zero-order valence-corrected chi connectivity index (χ0v) is 52.6.